The molecule has 0 saturated heterocycles. The van der Waals surface area contributed by atoms with E-state index in [9.17, 15) is 14.7 Å². The molecule has 0 atom stereocenters. The van der Waals surface area contributed by atoms with Gasteiger partial charge in [0.2, 0.25) is 0 Å². The van der Waals surface area contributed by atoms with Crippen LogP contribution in [0.2, 0.25) is 0 Å². The van der Waals surface area contributed by atoms with Gasteiger partial charge in [0.05, 0.1) is 17.7 Å². The predicted octanol–water partition coefficient (Wildman–Crippen LogP) is 4.80. The smallest absolute Gasteiger partial charge is 0.338 e. The van der Waals surface area contributed by atoms with E-state index in [0.717, 1.165) is 25.9 Å². The summed E-state index contributed by atoms with van der Waals surface area (Å²) in [6.45, 7) is 8.07. The van der Waals surface area contributed by atoms with Gasteiger partial charge in [0.1, 0.15) is 5.75 Å². The van der Waals surface area contributed by atoms with Gasteiger partial charge in [-0.15, -0.1) is 0 Å². The molecule has 1 amide bonds. The number of hydrazine groups is 1. The van der Waals surface area contributed by atoms with E-state index in [0.29, 0.717) is 17.7 Å². The fraction of sp³-hybridized carbons (Fsp3) is 0.417. The Bertz CT molecular complexity index is 746. The van der Waals surface area contributed by atoms with Crippen LogP contribution in [0.1, 0.15) is 67.2 Å². The van der Waals surface area contributed by atoms with E-state index in [-0.39, 0.29) is 17.6 Å². The van der Waals surface area contributed by atoms with Crippen LogP contribution >= 0.6 is 0 Å². The lowest BCUT2D eigenvalue weighted by molar-refractivity contribution is 0.0497. The molecule has 0 aliphatic heterocycles. The maximum atomic E-state index is 11.7. The number of para-hydroxylation sites is 1. The van der Waals surface area contributed by atoms with Gasteiger partial charge < -0.3 is 9.84 Å². The second-order valence-electron chi connectivity index (χ2n) is 6.69. The zero-order chi connectivity index (χ0) is 22.2. The first-order chi connectivity index (χ1) is 14.5. The van der Waals surface area contributed by atoms with Crippen LogP contribution < -0.4 is 5.43 Å². The van der Waals surface area contributed by atoms with Crippen molar-refractivity contribution in [2.24, 2.45) is 0 Å². The minimum Gasteiger partial charge on any atom is -0.507 e. The number of carbonyl (C=O) groups excluding carboxylic acids is 2. The highest BCUT2D eigenvalue weighted by atomic mass is 16.5. The number of amides is 1. The van der Waals surface area contributed by atoms with E-state index in [4.69, 9.17) is 4.74 Å². The molecular formula is C24H34N2O4. The molecule has 0 radical (unpaired) electrons. The van der Waals surface area contributed by atoms with E-state index in [1.165, 1.54) is 18.9 Å². The molecule has 0 saturated carbocycles. The molecule has 0 fully saturated rings. The number of nitrogens with one attached hydrogen (secondary N) is 1. The summed E-state index contributed by atoms with van der Waals surface area (Å²) < 4.78 is 5.14. The van der Waals surface area contributed by atoms with Crippen LogP contribution in [0.15, 0.2) is 54.6 Å². The molecule has 6 heteroatoms. The molecule has 0 unspecified atom stereocenters. The van der Waals surface area contributed by atoms with E-state index in [1.54, 1.807) is 35.3 Å². The molecule has 0 heterocycles. The maximum Gasteiger partial charge on any atom is 0.338 e. The molecular weight excluding hydrogens is 380 g/mol. The Morgan fingerprint density at radius 1 is 0.900 bits per heavy atom. The van der Waals surface area contributed by atoms with E-state index < -0.39 is 0 Å². The van der Waals surface area contributed by atoms with Gasteiger partial charge in [-0.25, -0.2) is 9.80 Å². The number of hydrogen-bond donors (Lipinski definition) is 2. The molecule has 2 aromatic rings. The van der Waals surface area contributed by atoms with Crippen LogP contribution in [0, 0.1) is 0 Å². The number of nitrogens with zero attached hydrogens (tertiary/aromatic N) is 1. The summed E-state index contributed by atoms with van der Waals surface area (Å²) in [4.78, 5) is 23.1. The van der Waals surface area contributed by atoms with Crippen LogP contribution in [-0.2, 0) is 4.74 Å². The predicted molar refractivity (Wildman–Crippen MR) is 119 cm³/mol. The number of hydrogen-bond acceptors (Lipinski definition) is 5. The standard InChI is InChI=1S/C13H18O2.C11H16N2O2/c1-2-3-4-8-11-15-13(14)12-9-6-5-7-10-12;1-3-13(4-2)12-11(15)9-7-5-6-8-10(9)14/h5-7,9-10H,2-4,8,11H2,1H3;5-8,14H,3-4H2,1-2H3,(H,12,15). The summed E-state index contributed by atoms with van der Waals surface area (Å²) in [7, 11) is 0. The van der Waals surface area contributed by atoms with Crippen LogP contribution in [0.3, 0.4) is 0 Å². The largest absolute Gasteiger partial charge is 0.507 e. The van der Waals surface area contributed by atoms with Gasteiger partial charge in [0.25, 0.3) is 5.91 Å². The SMILES string of the molecule is CCCCCCOC(=O)c1ccccc1.CCN(CC)NC(=O)c1ccccc1O. The quantitative estimate of drug-likeness (QED) is 0.332. The molecule has 164 valence electrons. The number of aromatic hydroxyl groups is 1. The van der Waals surface area contributed by atoms with Crippen LogP contribution in [0.4, 0.5) is 0 Å². The summed E-state index contributed by atoms with van der Waals surface area (Å²) >= 11 is 0. The Morgan fingerprint density at radius 2 is 1.53 bits per heavy atom. The lowest BCUT2D eigenvalue weighted by Crippen LogP contribution is -2.41. The number of unbranched alkanes of at least 4 members (excludes halogenated alkanes) is 3. The van der Waals surface area contributed by atoms with Crippen molar-refractivity contribution in [3.63, 3.8) is 0 Å². The third-order valence-electron chi connectivity index (χ3n) is 4.41. The summed E-state index contributed by atoms with van der Waals surface area (Å²) in [6.07, 6.45) is 4.51. The average molecular weight is 415 g/mol. The summed E-state index contributed by atoms with van der Waals surface area (Å²) in [5, 5.41) is 11.2. The van der Waals surface area contributed by atoms with Crippen molar-refractivity contribution < 1.29 is 19.4 Å². The molecule has 0 aliphatic carbocycles. The van der Waals surface area contributed by atoms with Crippen molar-refractivity contribution in [1.29, 1.82) is 0 Å². The van der Waals surface area contributed by atoms with Crippen LogP contribution in [0.5, 0.6) is 5.75 Å². The highest BCUT2D eigenvalue weighted by Crippen LogP contribution is 2.15. The Kier molecular flexibility index (Phi) is 12.6. The first-order valence-electron chi connectivity index (χ1n) is 10.6. The number of rotatable bonds is 10. The summed E-state index contributed by atoms with van der Waals surface area (Å²) in [5.41, 5.74) is 3.64. The minimum absolute atomic E-state index is 0.00200. The van der Waals surface area contributed by atoms with Gasteiger partial charge in [-0.3, -0.25) is 10.2 Å². The lowest BCUT2D eigenvalue weighted by atomic mass is 10.2. The first kappa shape index (κ1) is 25.2. The molecule has 2 N–H and O–H groups in total. The third-order valence-corrected chi connectivity index (χ3v) is 4.41. The van der Waals surface area contributed by atoms with Gasteiger partial charge >= 0.3 is 5.97 Å². The number of phenols is 1. The summed E-state index contributed by atoms with van der Waals surface area (Å²) in [6, 6.07) is 15.6. The number of benzene rings is 2. The zero-order valence-corrected chi connectivity index (χ0v) is 18.3. The fourth-order valence-electron chi connectivity index (χ4n) is 2.60. The first-order valence-corrected chi connectivity index (χ1v) is 10.6. The zero-order valence-electron chi connectivity index (χ0n) is 18.3. The lowest BCUT2D eigenvalue weighted by Gasteiger charge is -2.19. The minimum atomic E-state index is -0.281. The maximum absolute atomic E-state index is 11.7. The van der Waals surface area contributed by atoms with Crippen molar-refractivity contribution in [1.82, 2.24) is 10.4 Å². The monoisotopic (exact) mass is 414 g/mol. The molecule has 30 heavy (non-hydrogen) atoms. The molecule has 0 spiro atoms. The van der Waals surface area contributed by atoms with Gasteiger partial charge in [0, 0.05) is 13.1 Å². The van der Waals surface area contributed by atoms with Crippen molar-refractivity contribution in [2.45, 2.75) is 46.5 Å². The summed E-state index contributed by atoms with van der Waals surface area (Å²) in [5.74, 6) is -0.494. The molecule has 0 aromatic heterocycles. The fourth-order valence-corrected chi connectivity index (χ4v) is 2.60. The molecule has 0 bridgehead atoms. The normalized spacial score (nSPS) is 10.1. The van der Waals surface area contributed by atoms with Crippen molar-refractivity contribution in [2.75, 3.05) is 19.7 Å². The third kappa shape index (κ3) is 9.56. The molecule has 2 aromatic carbocycles. The number of ether oxygens (including phenoxy) is 1. The molecule has 6 nitrogen and oxygen atoms in total. The Balaban J connectivity index is 0.000000300. The van der Waals surface area contributed by atoms with E-state index >= 15 is 0 Å². The van der Waals surface area contributed by atoms with E-state index in [1.807, 2.05) is 32.0 Å². The second kappa shape index (κ2) is 15.0. The average Bonchev–Trinajstić information content (AvgIpc) is 2.78. The number of carbonyl (C=O) groups is 2. The van der Waals surface area contributed by atoms with Crippen LogP contribution in [-0.4, -0.2) is 41.7 Å². The van der Waals surface area contributed by atoms with Crippen molar-refractivity contribution in [3.05, 3.63) is 65.7 Å². The van der Waals surface area contributed by atoms with Gasteiger partial charge in [-0.1, -0.05) is 70.4 Å². The van der Waals surface area contributed by atoms with Gasteiger partial charge in [0.15, 0.2) is 0 Å². The Labute approximate surface area is 179 Å². The second-order valence-corrected chi connectivity index (χ2v) is 6.69. The highest BCUT2D eigenvalue weighted by Gasteiger charge is 2.11. The Hall–Kier alpha value is -2.86. The Morgan fingerprint density at radius 3 is 2.13 bits per heavy atom. The van der Waals surface area contributed by atoms with Gasteiger partial charge in [-0.2, -0.15) is 0 Å². The van der Waals surface area contributed by atoms with E-state index in [2.05, 4.69) is 12.3 Å². The topological polar surface area (TPSA) is 78.9 Å². The van der Waals surface area contributed by atoms with Crippen molar-refractivity contribution >= 4 is 11.9 Å². The molecule has 2 rings (SSSR count). The molecule has 0 aliphatic rings. The number of phenolic OH excluding ortho intramolecular Hbond substituents is 1. The van der Waals surface area contributed by atoms with Crippen LogP contribution in [0.25, 0.3) is 0 Å². The highest BCUT2D eigenvalue weighted by molar-refractivity contribution is 5.96. The van der Waals surface area contributed by atoms with Gasteiger partial charge in [-0.05, 0) is 30.7 Å². The number of esters is 1. The van der Waals surface area contributed by atoms with Crippen molar-refractivity contribution in [3.8, 4) is 5.75 Å².